The van der Waals surface area contributed by atoms with Crippen molar-refractivity contribution in [2.24, 2.45) is 7.05 Å². The average molecular weight is 389 g/mol. The molecule has 0 N–H and O–H groups in total. The third-order valence-corrected chi connectivity index (χ3v) is 6.99. The second kappa shape index (κ2) is 6.04. The van der Waals surface area contributed by atoms with E-state index in [1.165, 1.54) is 39.4 Å². The van der Waals surface area contributed by atoms with Gasteiger partial charge in [-0.2, -0.15) is 4.31 Å². The van der Waals surface area contributed by atoms with E-state index in [0.717, 1.165) is 10.2 Å². The molecule has 0 atom stereocenters. The molecule has 2 aromatic carbocycles. The van der Waals surface area contributed by atoms with Crippen molar-refractivity contribution in [3.8, 4) is 0 Å². The maximum absolute atomic E-state index is 12.9. The molecule has 0 saturated heterocycles. The molecular formula is C17H15N3O4S2. The first-order valence-electron chi connectivity index (χ1n) is 7.76. The maximum Gasteiger partial charge on any atom is 0.419 e. The number of benzene rings is 2. The van der Waals surface area contributed by atoms with Gasteiger partial charge >= 0.3 is 5.76 Å². The minimum Gasteiger partial charge on any atom is -0.408 e. The Morgan fingerprint density at radius 1 is 1.23 bits per heavy atom. The molecule has 2 heterocycles. The number of hydrogen-bond acceptors (Lipinski definition) is 6. The molecule has 0 spiro atoms. The number of hydrogen-bond donors (Lipinski definition) is 0. The number of rotatable bonds is 4. The van der Waals surface area contributed by atoms with Crippen molar-refractivity contribution in [3.63, 3.8) is 0 Å². The van der Waals surface area contributed by atoms with Crippen LogP contribution in [0.15, 0.2) is 56.6 Å². The van der Waals surface area contributed by atoms with Gasteiger partial charge < -0.3 is 4.42 Å². The van der Waals surface area contributed by atoms with E-state index in [9.17, 15) is 13.2 Å². The molecule has 0 aliphatic rings. The standard InChI is InChI=1S/C17H15N3O4S2/c1-19(10-16-18-12-5-3-4-6-15(12)25-16)26(22,23)11-7-8-13-14(9-11)24-17(21)20(13)2/h3-9H,10H2,1-2H3. The maximum atomic E-state index is 12.9. The molecule has 0 aliphatic carbocycles. The van der Waals surface area contributed by atoms with Crippen molar-refractivity contribution in [2.45, 2.75) is 11.4 Å². The molecule has 2 aromatic heterocycles. The molecule has 0 amide bonds. The summed E-state index contributed by atoms with van der Waals surface area (Å²) in [4.78, 5) is 16.1. The first-order valence-corrected chi connectivity index (χ1v) is 10.0. The fraction of sp³-hybridized carbons (Fsp3) is 0.176. The van der Waals surface area contributed by atoms with Gasteiger partial charge in [0, 0.05) is 20.2 Å². The van der Waals surface area contributed by atoms with Crippen LogP contribution in [-0.4, -0.2) is 29.3 Å². The summed E-state index contributed by atoms with van der Waals surface area (Å²) in [5, 5.41) is 0.713. The minimum atomic E-state index is -3.74. The molecule has 0 fully saturated rings. The van der Waals surface area contributed by atoms with Gasteiger partial charge in [0.25, 0.3) is 0 Å². The van der Waals surface area contributed by atoms with E-state index in [2.05, 4.69) is 4.98 Å². The monoisotopic (exact) mass is 389 g/mol. The van der Waals surface area contributed by atoms with Crippen molar-refractivity contribution in [2.75, 3.05) is 7.05 Å². The zero-order valence-corrected chi connectivity index (χ0v) is 15.7. The number of sulfonamides is 1. The summed E-state index contributed by atoms with van der Waals surface area (Å²) < 4.78 is 34.4. The van der Waals surface area contributed by atoms with E-state index >= 15 is 0 Å². The summed E-state index contributed by atoms with van der Waals surface area (Å²) >= 11 is 1.46. The van der Waals surface area contributed by atoms with Gasteiger partial charge in [-0.3, -0.25) is 4.57 Å². The lowest BCUT2D eigenvalue weighted by molar-refractivity contribution is 0.466. The molecule has 134 valence electrons. The van der Waals surface area contributed by atoms with Gasteiger partial charge in [0.1, 0.15) is 5.01 Å². The van der Waals surface area contributed by atoms with Crippen molar-refractivity contribution in [1.29, 1.82) is 0 Å². The van der Waals surface area contributed by atoms with E-state index in [4.69, 9.17) is 4.42 Å². The van der Waals surface area contributed by atoms with Gasteiger partial charge in [-0.25, -0.2) is 18.2 Å². The molecule has 4 aromatic rings. The van der Waals surface area contributed by atoms with Crippen molar-refractivity contribution >= 4 is 42.7 Å². The predicted octanol–water partition coefficient (Wildman–Crippen LogP) is 2.56. The van der Waals surface area contributed by atoms with Gasteiger partial charge in [0.05, 0.1) is 27.2 Å². The van der Waals surface area contributed by atoms with E-state index in [1.54, 1.807) is 13.1 Å². The van der Waals surface area contributed by atoms with Crippen LogP contribution in [0.25, 0.3) is 21.3 Å². The van der Waals surface area contributed by atoms with E-state index in [-0.39, 0.29) is 17.0 Å². The van der Waals surface area contributed by atoms with Crippen LogP contribution in [-0.2, 0) is 23.6 Å². The Labute approximate surface area is 153 Å². The number of aryl methyl sites for hydroxylation is 1. The summed E-state index contributed by atoms with van der Waals surface area (Å²) in [5.74, 6) is -0.530. The topological polar surface area (TPSA) is 85.4 Å². The van der Waals surface area contributed by atoms with Crippen LogP contribution in [0.2, 0.25) is 0 Å². The first-order chi connectivity index (χ1) is 12.4. The Kier molecular flexibility index (Phi) is 3.94. The summed E-state index contributed by atoms with van der Waals surface area (Å²) in [6, 6.07) is 12.1. The highest BCUT2D eigenvalue weighted by Crippen LogP contribution is 2.25. The van der Waals surface area contributed by atoms with Crippen LogP contribution >= 0.6 is 11.3 Å². The summed E-state index contributed by atoms with van der Waals surface area (Å²) in [5.41, 5.74) is 1.64. The number of aromatic nitrogens is 2. The summed E-state index contributed by atoms with van der Waals surface area (Å²) in [7, 11) is -0.663. The highest BCUT2D eigenvalue weighted by molar-refractivity contribution is 7.89. The lowest BCUT2D eigenvalue weighted by Crippen LogP contribution is -2.26. The molecule has 9 heteroatoms. The molecule has 0 radical (unpaired) electrons. The Hall–Kier alpha value is -2.49. The van der Waals surface area contributed by atoms with Crippen LogP contribution in [0.1, 0.15) is 5.01 Å². The zero-order valence-electron chi connectivity index (χ0n) is 14.0. The Bertz CT molecular complexity index is 1250. The van der Waals surface area contributed by atoms with Crippen molar-refractivity contribution in [3.05, 3.63) is 58.0 Å². The number of para-hydroxylation sites is 1. The molecule has 7 nitrogen and oxygen atoms in total. The molecule has 0 unspecified atom stereocenters. The largest absolute Gasteiger partial charge is 0.419 e. The second-order valence-electron chi connectivity index (χ2n) is 5.89. The number of thiazole rings is 1. The number of fused-ring (bicyclic) bond motifs is 2. The van der Waals surface area contributed by atoms with E-state index in [1.807, 2.05) is 24.3 Å². The van der Waals surface area contributed by atoms with Gasteiger partial charge in [0.15, 0.2) is 5.58 Å². The molecule has 26 heavy (non-hydrogen) atoms. The smallest absolute Gasteiger partial charge is 0.408 e. The van der Waals surface area contributed by atoms with Gasteiger partial charge in [-0.05, 0) is 24.3 Å². The van der Waals surface area contributed by atoms with Crippen molar-refractivity contribution in [1.82, 2.24) is 13.9 Å². The SMILES string of the molecule is CN(Cc1nc2ccccc2s1)S(=O)(=O)c1ccc2c(c1)oc(=O)n2C. The lowest BCUT2D eigenvalue weighted by atomic mass is 10.3. The predicted molar refractivity (Wildman–Crippen MR) is 99.7 cm³/mol. The van der Waals surface area contributed by atoms with Crippen LogP contribution in [0.3, 0.4) is 0 Å². The summed E-state index contributed by atoms with van der Waals surface area (Å²) in [6.07, 6.45) is 0. The Morgan fingerprint density at radius 2 is 2.00 bits per heavy atom. The number of nitrogens with zero attached hydrogens (tertiary/aromatic N) is 3. The normalized spacial score (nSPS) is 12.4. The minimum absolute atomic E-state index is 0.0722. The highest BCUT2D eigenvalue weighted by atomic mass is 32.2. The molecule has 0 aliphatic heterocycles. The van der Waals surface area contributed by atoms with Crippen LogP contribution in [0.4, 0.5) is 0 Å². The molecular weight excluding hydrogens is 374 g/mol. The van der Waals surface area contributed by atoms with Gasteiger partial charge in [0.2, 0.25) is 10.0 Å². The zero-order chi connectivity index (χ0) is 18.5. The fourth-order valence-corrected chi connectivity index (χ4v) is 4.97. The van der Waals surface area contributed by atoms with E-state index < -0.39 is 15.8 Å². The fourth-order valence-electron chi connectivity index (χ4n) is 2.72. The average Bonchev–Trinajstić information content (AvgIpc) is 3.15. The number of oxazole rings is 1. The van der Waals surface area contributed by atoms with Crippen LogP contribution in [0, 0.1) is 0 Å². The quantitative estimate of drug-likeness (QED) is 0.535. The van der Waals surface area contributed by atoms with E-state index in [0.29, 0.717) is 10.5 Å². The van der Waals surface area contributed by atoms with Crippen LogP contribution in [0.5, 0.6) is 0 Å². The second-order valence-corrected chi connectivity index (χ2v) is 9.05. The Morgan fingerprint density at radius 3 is 2.77 bits per heavy atom. The first kappa shape index (κ1) is 17.0. The lowest BCUT2D eigenvalue weighted by Gasteiger charge is -2.15. The molecule has 0 bridgehead atoms. The molecule has 0 saturated carbocycles. The third-order valence-electron chi connectivity index (χ3n) is 4.17. The Balaban J connectivity index is 1.67. The van der Waals surface area contributed by atoms with Gasteiger partial charge in [-0.1, -0.05) is 12.1 Å². The van der Waals surface area contributed by atoms with Crippen molar-refractivity contribution < 1.29 is 12.8 Å². The van der Waals surface area contributed by atoms with Gasteiger partial charge in [-0.15, -0.1) is 11.3 Å². The van der Waals surface area contributed by atoms with Crippen LogP contribution < -0.4 is 5.76 Å². The molecule has 4 rings (SSSR count). The third kappa shape index (κ3) is 2.74. The summed E-state index contributed by atoms with van der Waals surface area (Å²) in [6.45, 7) is 0.165. The highest BCUT2D eigenvalue weighted by Gasteiger charge is 2.23.